The molecule has 82 valence electrons. The highest BCUT2D eigenvalue weighted by Gasteiger charge is 2.10. The molecule has 0 fully saturated rings. The molecule has 2 heterocycles. The van der Waals surface area contributed by atoms with Crippen molar-refractivity contribution >= 4 is 33.2 Å². The lowest BCUT2D eigenvalue weighted by Gasteiger charge is -2.03. The van der Waals surface area contributed by atoms with Crippen LogP contribution < -0.4 is 5.32 Å². The van der Waals surface area contributed by atoms with E-state index in [4.69, 9.17) is 0 Å². The van der Waals surface area contributed by atoms with Crippen molar-refractivity contribution in [1.82, 2.24) is 10.3 Å². The third-order valence-corrected chi connectivity index (χ3v) is 3.84. The maximum absolute atomic E-state index is 11.7. The van der Waals surface area contributed by atoms with Crippen LogP contribution in [0.25, 0.3) is 0 Å². The van der Waals surface area contributed by atoms with Crippen LogP contribution in [0.4, 0.5) is 0 Å². The molecule has 0 saturated heterocycles. The molecule has 1 amide bonds. The van der Waals surface area contributed by atoms with Crippen LogP contribution in [0.2, 0.25) is 0 Å². The van der Waals surface area contributed by atoms with Crippen molar-refractivity contribution in [2.75, 3.05) is 0 Å². The first-order valence-electron chi connectivity index (χ1n) is 4.67. The van der Waals surface area contributed by atoms with Crippen LogP contribution in [-0.2, 0) is 6.54 Å². The first-order valence-corrected chi connectivity index (χ1v) is 6.35. The van der Waals surface area contributed by atoms with E-state index in [2.05, 4.69) is 26.2 Å². The molecule has 0 aliphatic carbocycles. The summed E-state index contributed by atoms with van der Waals surface area (Å²) in [6, 6.07) is 5.64. The molecule has 2 rings (SSSR count). The van der Waals surface area contributed by atoms with Gasteiger partial charge in [0.05, 0.1) is 0 Å². The van der Waals surface area contributed by atoms with Crippen molar-refractivity contribution in [2.45, 2.75) is 6.54 Å². The maximum atomic E-state index is 11.7. The lowest BCUT2D eigenvalue weighted by Crippen LogP contribution is -2.22. The van der Waals surface area contributed by atoms with E-state index in [-0.39, 0.29) is 5.91 Å². The van der Waals surface area contributed by atoms with E-state index in [1.165, 1.54) is 11.3 Å². The minimum Gasteiger partial charge on any atom is -0.347 e. The SMILES string of the molecule is O=C(NCc1cccnc1)c1sccc1Br. The second-order valence-corrected chi connectivity index (χ2v) is 4.91. The number of amides is 1. The number of hydrogen-bond donors (Lipinski definition) is 1. The van der Waals surface area contributed by atoms with E-state index in [0.29, 0.717) is 11.4 Å². The summed E-state index contributed by atoms with van der Waals surface area (Å²) in [6.45, 7) is 0.497. The van der Waals surface area contributed by atoms with Crippen LogP contribution in [0.3, 0.4) is 0 Å². The van der Waals surface area contributed by atoms with E-state index in [1.807, 2.05) is 23.6 Å². The van der Waals surface area contributed by atoms with Gasteiger partial charge in [-0.1, -0.05) is 6.07 Å². The quantitative estimate of drug-likeness (QED) is 0.946. The lowest BCUT2D eigenvalue weighted by atomic mass is 10.3. The number of nitrogens with zero attached hydrogens (tertiary/aromatic N) is 1. The van der Waals surface area contributed by atoms with Crippen molar-refractivity contribution in [3.63, 3.8) is 0 Å². The predicted octanol–water partition coefficient (Wildman–Crippen LogP) is 2.84. The Hall–Kier alpha value is -1.20. The number of rotatable bonds is 3. The van der Waals surface area contributed by atoms with Gasteiger partial charge in [-0.05, 0) is 39.0 Å². The highest BCUT2D eigenvalue weighted by atomic mass is 79.9. The fourth-order valence-electron chi connectivity index (χ4n) is 1.22. The molecule has 3 nitrogen and oxygen atoms in total. The van der Waals surface area contributed by atoms with Crippen molar-refractivity contribution in [3.8, 4) is 0 Å². The normalized spacial score (nSPS) is 10.1. The first kappa shape index (κ1) is 11.3. The molecule has 0 saturated carbocycles. The van der Waals surface area contributed by atoms with Gasteiger partial charge < -0.3 is 5.32 Å². The summed E-state index contributed by atoms with van der Waals surface area (Å²) in [6.07, 6.45) is 3.45. The Labute approximate surface area is 106 Å². The Bertz CT molecular complexity index is 484. The predicted molar refractivity (Wildman–Crippen MR) is 67.4 cm³/mol. The van der Waals surface area contributed by atoms with Crippen molar-refractivity contribution < 1.29 is 4.79 Å². The highest BCUT2D eigenvalue weighted by Crippen LogP contribution is 2.22. The molecule has 0 spiro atoms. The largest absolute Gasteiger partial charge is 0.347 e. The summed E-state index contributed by atoms with van der Waals surface area (Å²) in [4.78, 5) is 16.4. The van der Waals surface area contributed by atoms with E-state index in [0.717, 1.165) is 10.0 Å². The average Bonchev–Trinajstić information content (AvgIpc) is 2.74. The zero-order valence-electron chi connectivity index (χ0n) is 8.31. The van der Waals surface area contributed by atoms with Crippen LogP contribution in [0.1, 0.15) is 15.2 Å². The van der Waals surface area contributed by atoms with Gasteiger partial charge in [0.15, 0.2) is 0 Å². The molecule has 16 heavy (non-hydrogen) atoms. The van der Waals surface area contributed by atoms with Crippen LogP contribution in [-0.4, -0.2) is 10.9 Å². The molecule has 0 bridgehead atoms. The Morgan fingerprint density at radius 2 is 2.38 bits per heavy atom. The molecule has 1 N–H and O–H groups in total. The summed E-state index contributed by atoms with van der Waals surface area (Å²) in [7, 11) is 0. The fourth-order valence-corrected chi connectivity index (χ4v) is 2.69. The molecule has 0 unspecified atom stereocenters. The molecule has 0 aliphatic rings. The number of thiophene rings is 1. The number of nitrogens with one attached hydrogen (secondary N) is 1. The van der Waals surface area contributed by atoms with Gasteiger partial charge in [0.25, 0.3) is 5.91 Å². The summed E-state index contributed by atoms with van der Waals surface area (Å²) >= 11 is 4.75. The molecule has 0 atom stereocenters. The number of halogens is 1. The second-order valence-electron chi connectivity index (χ2n) is 3.14. The number of carbonyl (C=O) groups excluding carboxylic acids is 1. The Kier molecular flexibility index (Phi) is 3.69. The Morgan fingerprint density at radius 3 is 3.00 bits per heavy atom. The van der Waals surface area contributed by atoms with Gasteiger partial charge >= 0.3 is 0 Å². The first-order chi connectivity index (χ1) is 7.77. The maximum Gasteiger partial charge on any atom is 0.262 e. The summed E-state index contributed by atoms with van der Waals surface area (Å²) in [5, 5.41) is 4.72. The van der Waals surface area contributed by atoms with Gasteiger partial charge in [-0.15, -0.1) is 11.3 Å². The molecular formula is C11H9BrN2OS. The Morgan fingerprint density at radius 1 is 1.50 bits per heavy atom. The molecule has 0 radical (unpaired) electrons. The summed E-state index contributed by atoms with van der Waals surface area (Å²) < 4.78 is 0.834. The van der Waals surface area contributed by atoms with E-state index < -0.39 is 0 Å². The number of aromatic nitrogens is 1. The van der Waals surface area contributed by atoms with Crippen molar-refractivity contribution in [3.05, 3.63) is 50.9 Å². The van der Waals surface area contributed by atoms with Crippen molar-refractivity contribution in [2.24, 2.45) is 0 Å². The van der Waals surface area contributed by atoms with Gasteiger partial charge in [0.2, 0.25) is 0 Å². The van der Waals surface area contributed by atoms with Crippen molar-refractivity contribution in [1.29, 1.82) is 0 Å². The lowest BCUT2D eigenvalue weighted by molar-refractivity contribution is 0.0954. The number of pyridine rings is 1. The van der Waals surface area contributed by atoms with Crippen LogP contribution in [0.5, 0.6) is 0 Å². The minimum atomic E-state index is -0.0641. The average molecular weight is 297 g/mol. The standard InChI is InChI=1S/C11H9BrN2OS/c12-9-3-5-16-10(9)11(15)14-7-8-2-1-4-13-6-8/h1-6H,7H2,(H,14,15). The van der Waals surface area contributed by atoms with Crippen LogP contribution in [0, 0.1) is 0 Å². The smallest absolute Gasteiger partial charge is 0.262 e. The Balaban J connectivity index is 1.97. The number of hydrogen-bond acceptors (Lipinski definition) is 3. The third-order valence-electron chi connectivity index (χ3n) is 2.00. The van der Waals surface area contributed by atoms with Gasteiger partial charge in [-0.3, -0.25) is 9.78 Å². The minimum absolute atomic E-state index is 0.0641. The molecule has 0 aliphatic heterocycles. The van der Waals surface area contributed by atoms with Crippen LogP contribution in [0.15, 0.2) is 40.4 Å². The van der Waals surface area contributed by atoms with Gasteiger partial charge in [-0.2, -0.15) is 0 Å². The van der Waals surface area contributed by atoms with E-state index in [1.54, 1.807) is 12.4 Å². The second kappa shape index (κ2) is 5.23. The zero-order chi connectivity index (χ0) is 11.4. The molecule has 2 aromatic heterocycles. The molecule has 0 aromatic carbocycles. The molecular weight excluding hydrogens is 288 g/mol. The third kappa shape index (κ3) is 2.68. The molecule has 2 aromatic rings. The topological polar surface area (TPSA) is 42.0 Å². The van der Waals surface area contributed by atoms with Gasteiger partial charge in [-0.25, -0.2) is 0 Å². The van der Waals surface area contributed by atoms with Gasteiger partial charge in [0, 0.05) is 23.4 Å². The fraction of sp³-hybridized carbons (Fsp3) is 0.0909. The zero-order valence-corrected chi connectivity index (χ0v) is 10.7. The summed E-state index contributed by atoms with van der Waals surface area (Å²) in [5.74, 6) is -0.0641. The summed E-state index contributed by atoms with van der Waals surface area (Å²) in [5.41, 5.74) is 0.989. The van der Waals surface area contributed by atoms with E-state index >= 15 is 0 Å². The van der Waals surface area contributed by atoms with E-state index in [9.17, 15) is 4.79 Å². The van der Waals surface area contributed by atoms with Crippen LogP contribution >= 0.6 is 27.3 Å². The molecule has 5 heteroatoms. The highest BCUT2D eigenvalue weighted by molar-refractivity contribution is 9.10. The monoisotopic (exact) mass is 296 g/mol. The van der Waals surface area contributed by atoms with Gasteiger partial charge in [0.1, 0.15) is 4.88 Å². The number of carbonyl (C=O) groups is 1.